The first-order chi connectivity index (χ1) is 13.8. The van der Waals surface area contributed by atoms with Gasteiger partial charge in [0.1, 0.15) is 0 Å². The Morgan fingerprint density at radius 2 is 1.79 bits per heavy atom. The molecule has 2 rings (SSSR count). The van der Waals surface area contributed by atoms with Crippen molar-refractivity contribution in [1.29, 1.82) is 0 Å². The lowest BCUT2D eigenvalue weighted by Gasteiger charge is -2.31. The van der Waals surface area contributed by atoms with Gasteiger partial charge in [-0.25, -0.2) is 14.0 Å². The van der Waals surface area contributed by atoms with Crippen molar-refractivity contribution in [3.05, 3.63) is 82.3 Å². The molecule has 0 saturated heterocycles. The molecule has 5 nitrogen and oxygen atoms in total. The van der Waals surface area contributed by atoms with Gasteiger partial charge in [-0.15, -0.1) is 0 Å². The molecule has 0 N–H and O–H groups in total. The number of alkyl halides is 1. The smallest absolute Gasteiger partial charge is 0.353 e. The number of benzene rings is 2. The first kappa shape index (κ1) is 22.5. The molecular formula is C22H20BrFO5. The molecule has 0 aliphatic carbocycles. The van der Waals surface area contributed by atoms with E-state index in [0.717, 1.165) is 7.11 Å². The lowest BCUT2D eigenvalue weighted by Crippen LogP contribution is -2.50. The van der Waals surface area contributed by atoms with E-state index in [0.29, 0.717) is 4.47 Å². The van der Waals surface area contributed by atoms with Crippen molar-refractivity contribution < 1.29 is 28.2 Å². The molecule has 0 saturated carbocycles. The van der Waals surface area contributed by atoms with E-state index in [2.05, 4.69) is 27.2 Å². The van der Waals surface area contributed by atoms with Gasteiger partial charge < -0.3 is 9.47 Å². The predicted octanol–water partition coefficient (Wildman–Crippen LogP) is 4.42. The number of halogens is 2. The minimum absolute atomic E-state index is 0.0616. The fraction of sp³-hybridized carbons (Fsp3) is 0.227. The number of carbonyl (C=O) groups excluding carboxylic acids is 3. The summed E-state index contributed by atoms with van der Waals surface area (Å²) >= 11 is 3.23. The highest BCUT2D eigenvalue weighted by Crippen LogP contribution is 2.41. The van der Waals surface area contributed by atoms with Gasteiger partial charge in [-0.2, -0.15) is 0 Å². The fourth-order valence-corrected chi connectivity index (χ4v) is 3.38. The van der Waals surface area contributed by atoms with Gasteiger partial charge in [0, 0.05) is 15.6 Å². The average molecular weight is 463 g/mol. The van der Waals surface area contributed by atoms with Crippen LogP contribution in [-0.2, 0) is 19.1 Å². The van der Waals surface area contributed by atoms with E-state index in [-0.39, 0.29) is 23.3 Å². The van der Waals surface area contributed by atoms with Gasteiger partial charge in [0.2, 0.25) is 5.78 Å². The largest absolute Gasteiger partial charge is 0.466 e. The normalized spacial score (nSPS) is 13.7. The first-order valence-corrected chi connectivity index (χ1v) is 9.55. The molecule has 0 aromatic heterocycles. The van der Waals surface area contributed by atoms with Gasteiger partial charge in [0.05, 0.1) is 19.6 Å². The Morgan fingerprint density at radius 3 is 2.34 bits per heavy atom. The van der Waals surface area contributed by atoms with Gasteiger partial charge in [-0.05, 0) is 24.6 Å². The van der Waals surface area contributed by atoms with Crippen LogP contribution in [0, 0.1) is 0 Å². The molecule has 2 atom stereocenters. The second-order valence-electron chi connectivity index (χ2n) is 6.13. The van der Waals surface area contributed by atoms with Crippen molar-refractivity contribution in [3.63, 3.8) is 0 Å². The molecule has 0 radical (unpaired) electrons. The van der Waals surface area contributed by atoms with Crippen LogP contribution in [0.3, 0.4) is 0 Å². The summed E-state index contributed by atoms with van der Waals surface area (Å²) in [6.45, 7) is 4.96. The van der Waals surface area contributed by atoms with Crippen LogP contribution in [0.15, 0.2) is 71.2 Å². The number of hydrogen-bond donors (Lipinski definition) is 0. The summed E-state index contributed by atoms with van der Waals surface area (Å²) in [7, 11) is 1.11. The minimum Gasteiger partial charge on any atom is -0.466 e. The maximum absolute atomic E-state index is 16.6. The third-order valence-corrected chi connectivity index (χ3v) is 4.81. The van der Waals surface area contributed by atoms with Gasteiger partial charge in [-0.1, -0.05) is 65.0 Å². The third kappa shape index (κ3) is 4.62. The number of rotatable bonds is 8. The van der Waals surface area contributed by atoms with E-state index in [9.17, 15) is 14.4 Å². The summed E-state index contributed by atoms with van der Waals surface area (Å²) in [5.41, 5.74) is -3.46. The lowest BCUT2D eigenvalue weighted by molar-refractivity contribution is -0.155. The summed E-state index contributed by atoms with van der Waals surface area (Å²) in [5, 5.41) is 0. The molecule has 2 unspecified atom stereocenters. The molecule has 0 aliphatic rings. The van der Waals surface area contributed by atoms with E-state index in [4.69, 9.17) is 4.74 Å². The number of hydrogen-bond acceptors (Lipinski definition) is 5. The van der Waals surface area contributed by atoms with Crippen molar-refractivity contribution in [3.8, 4) is 0 Å². The second-order valence-corrected chi connectivity index (χ2v) is 7.05. The zero-order valence-electron chi connectivity index (χ0n) is 16.0. The van der Waals surface area contributed by atoms with Crippen LogP contribution in [-0.4, -0.2) is 37.1 Å². The van der Waals surface area contributed by atoms with Crippen LogP contribution in [0.5, 0.6) is 0 Å². The lowest BCUT2D eigenvalue weighted by atomic mass is 9.74. The summed E-state index contributed by atoms with van der Waals surface area (Å²) in [4.78, 5) is 38.3. The Kier molecular flexibility index (Phi) is 7.45. The van der Waals surface area contributed by atoms with Crippen LogP contribution < -0.4 is 0 Å². The highest BCUT2D eigenvalue weighted by atomic mass is 79.9. The molecule has 0 fully saturated rings. The van der Waals surface area contributed by atoms with Gasteiger partial charge in [0.15, 0.2) is 0 Å². The van der Waals surface area contributed by atoms with Gasteiger partial charge in [0.25, 0.3) is 5.67 Å². The SMILES string of the molecule is C=C(C(=O)OC)C(c1ccccc1)C(F)(C(=O)OCC)C(=O)c1cccc(Br)c1. The Morgan fingerprint density at radius 1 is 1.14 bits per heavy atom. The van der Waals surface area contributed by atoms with Crippen molar-refractivity contribution >= 4 is 33.7 Å². The van der Waals surface area contributed by atoms with E-state index in [1.54, 1.807) is 24.3 Å². The number of ether oxygens (including phenoxy) is 2. The van der Waals surface area contributed by atoms with E-state index < -0.39 is 29.3 Å². The molecule has 0 heterocycles. The van der Waals surface area contributed by atoms with Crippen molar-refractivity contribution in [2.24, 2.45) is 0 Å². The van der Waals surface area contributed by atoms with Crippen molar-refractivity contribution in [2.45, 2.75) is 18.5 Å². The number of methoxy groups -OCH3 is 1. The number of ketones is 1. The topological polar surface area (TPSA) is 69.7 Å². The maximum atomic E-state index is 16.6. The fourth-order valence-electron chi connectivity index (χ4n) is 2.98. The zero-order chi connectivity index (χ0) is 21.6. The van der Waals surface area contributed by atoms with E-state index >= 15 is 4.39 Å². The number of Topliss-reactive ketones (excluding diaryl/α,β-unsaturated/α-hetero) is 1. The average Bonchev–Trinajstić information content (AvgIpc) is 2.73. The summed E-state index contributed by atoms with van der Waals surface area (Å²) < 4.78 is 26.7. The Bertz CT molecular complexity index is 928. The minimum atomic E-state index is -3.23. The molecular weight excluding hydrogens is 443 g/mol. The third-order valence-electron chi connectivity index (χ3n) is 4.32. The molecule has 152 valence electrons. The molecule has 0 aliphatic heterocycles. The van der Waals surface area contributed by atoms with Gasteiger partial charge in [-0.3, -0.25) is 4.79 Å². The zero-order valence-corrected chi connectivity index (χ0v) is 17.6. The molecule has 0 spiro atoms. The van der Waals surface area contributed by atoms with E-state index in [1.165, 1.54) is 37.3 Å². The highest BCUT2D eigenvalue weighted by Gasteiger charge is 2.57. The molecule has 0 amide bonds. The Hall–Kier alpha value is -2.80. The quantitative estimate of drug-likeness (QED) is 0.251. The highest BCUT2D eigenvalue weighted by molar-refractivity contribution is 9.10. The number of esters is 2. The van der Waals surface area contributed by atoms with Crippen molar-refractivity contribution in [2.75, 3.05) is 13.7 Å². The van der Waals surface area contributed by atoms with E-state index in [1.807, 2.05) is 0 Å². The van der Waals surface area contributed by atoms with Crippen LogP contribution in [0.4, 0.5) is 4.39 Å². The summed E-state index contributed by atoms with van der Waals surface area (Å²) in [5.74, 6) is -5.12. The molecule has 2 aromatic rings. The Labute approximate surface area is 176 Å². The van der Waals surface area contributed by atoms with Crippen LogP contribution in [0.25, 0.3) is 0 Å². The standard InChI is InChI=1S/C22H20BrFO5/c1-4-29-21(27)22(24,19(25)16-11-8-12-17(23)13-16)18(14(2)20(26)28-3)15-9-6-5-7-10-15/h5-13,18H,2,4H2,1,3H3. The van der Waals surface area contributed by atoms with Crippen LogP contribution in [0.1, 0.15) is 28.8 Å². The van der Waals surface area contributed by atoms with Crippen LogP contribution >= 0.6 is 15.9 Å². The monoisotopic (exact) mass is 462 g/mol. The summed E-state index contributed by atoms with van der Waals surface area (Å²) in [6, 6.07) is 13.8. The second kappa shape index (κ2) is 9.60. The Balaban J connectivity index is 2.74. The molecule has 2 aromatic carbocycles. The predicted molar refractivity (Wildman–Crippen MR) is 109 cm³/mol. The first-order valence-electron chi connectivity index (χ1n) is 8.75. The van der Waals surface area contributed by atoms with Gasteiger partial charge >= 0.3 is 11.9 Å². The van der Waals surface area contributed by atoms with Crippen molar-refractivity contribution in [1.82, 2.24) is 0 Å². The molecule has 7 heteroatoms. The summed E-state index contributed by atoms with van der Waals surface area (Å²) in [6.07, 6.45) is 0. The molecule has 0 bridgehead atoms. The van der Waals surface area contributed by atoms with Crippen LogP contribution in [0.2, 0.25) is 0 Å². The number of carbonyl (C=O) groups is 3. The maximum Gasteiger partial charge on any atom is 0.353 e. The molecule has 29 heavy (non-hydrogen) atoms.